The van der Waals surface area contributed by atoms with Gasteiger partial charge in [-0.05, 0) is 41.3 Å². The summed E-state index contributed by atoms with van der Waals surface area (Å²) < 4.78 is 67.6. The molecule has 5 nitrogen and oxygen atoms in total. The molecule has 0 unspecified atom stereocenters. The number of nitrogens with zero attached hydrogens (tertiary/aromatic N) is 1. The molecule has 3 aromatic rings. The minimum atomic E-state index is -4.30. The number of anilines is 2. The van der Waals surface area contributed by atoms with Gasteiger partial charge in [-0.25, -0.2) is 21.6 Å². The van der Waals surface area contributed by atoms with Crippen molar-refractivity contribution in [3.05, 3.63) is 92.9 Å². The van der Waals surface area contributed by atoms with E-state index in [4.69, 9.17) is 0 Å². The molecule has 2 aromatic carbocycles. The number of hydrogen-bond donors (Lipinski definition) is 1. The third-order valence-electron chi connectivity index (χ3n) is 4.44. The van der Waals surface area contributed by atoms with Gasteiger partial charge in [0, 0.05) is 12.3 Å². The average molecular weight is 450 g/mol. The predicted molar refractivity (Wildman–Crippen MR) is 108 cm³/mol. The van der Waals surface area contributed by atoms with Gasteiger partial charge in [0.15, 0.2) is 4.91 Å². The zero-order valence-electron chi connectivity index (χ0n) is 15.1. The monoisotopic (exact) mass is 450 g/mol. The number of rotatable bonds is 4. The van der Waals surface area contributed by atoms with Crippen molar-refractivity contribution in [3.8, 4) is 0 Å². The van der Waals surface area contributed by atoms with E-state index < -0.39 is 38.2 Å². The standard InChI is InChI=1S/C20H13F3N2O3S2/c21-13-3-1-12(2-4-13)11-25-17-7-8-29-20(17)19(26)18(30(25,27)28)10-24-16-6-5-14(22)9-15(16)23/h1-10,24H,11H2. The fourth-order valence-electron chi connectivity index (χ4n) is 2.96. The smallest absolute Gasteiger partial charge is 0.270 e. The highest BCUT2D eigenvalue weighted by Crippen LogP contribution is 2.39. The van der Waals surface area contributed by atoms with E-state index in [1.165, 1.54) is 30.3 Å². The number of allylic oxidation sites excluding steroid dienone is 1. The van der Waals surface area contributed by atoms with E-state index in [9.17, 15) is 26.4 Å². The Bertz CT molecular complexity index is 1270. The average Bonchev–Trinajstić information content (AvgIpc) is 3.17. The second kappa shape index (κ2) is 7.62. The van der Waals surface area contributed by atoms with E-state index in [-0.39, 0.29) is 22.8 Å². The summed E-state index contributed by atoms with van der Waals surface area (Å²) in [5.41, 5.74) is 0.553. The van der Waals surface area contributed by atoms with Crippen LogP contribution in [-0.4, -0.2) is 14.2 Å². The molecule has 0 saturated carbocycles. The predicted octanol–water partition coefficient (Wildman–Crippen LogP) is 4.65. The first kappa shape index (κ1) is 20.2. The lowest BCUT2D eigenvalue weighted by Gasteiger charge is -2.29. The normalized spacial score (nSPS) is 16.6. The van der Waals surface area contributed by atoms with Crippen molar-refractivity contribution in [2.24, 2.45) is 0 Å². The summed E-state index contributed by atoms with van der Waals surface area (Å²) in [5, 5.41) is 4.02. The number of carbonyl (C=O) groups excluding carboxylic acids is 1. The van der Waals surface area contributed by atoms with Crippen molar-refractivity contribution in [2.45, 2.75) is 6.54 Å². The first-order valence-corrected chi connectivity index (χ1v) is 10.9. The Labute approximate surface area is 174 Å². The number of halogens is 3. The Morgan fingerprint density at radius 2 is 1.70 bits per heavy atom. The number of thiophene rings is 1. The Morgan fingerprint density at radius 3 is 2.40 bits per heavy atom. The highest BCUT2D eigenvalue weighted by Gasteiger charge is 2.41. The zero-order valence-corrected chi connectivity index (χ0v) is 16.7. The number of nitrogens with one attached hydrogen (secondary N) is 1. The topological polar surface area (TPSA) is 66.5 Å². The number of Topliss-reactive ketones (excluding diaryl/α,β-unsaturated/α-hetero) is 1. The Kier molecular flexibility index (Phi) is 5.12. The molecule has 10 heteroatoms. The molecule has 0 spiro atoms. The highest BCUT2D eigenvalue weighted by atomic mass is 32.2. The summed E-state index contributed by atoms with van der Waals surface area (Å²) in [6, 6.07) is 9.56. The van der Waals surface area contributed by atoms with Gasteiger partial charge < -0.3 is 5.32 Å². The largest absolute Gasteiger partial charge is 0.358 e. The van der Waals surface area contributed by atoms with Gasteiger partial charge >= 0.3 is 0 Å². The van der Waals surface area contributed by atoms with Crippen molar-refractivity contribution in [2.75, 3.05) is 9.62 Å². The minimum Gasteiger partial charge on any atom is -0.358 e. The molecule has 0 aliphatic carbocycles. The Hall–Kier alpha value is -3.11. The van der Waals surface area contributed by atoms with Crippen LogP contribution in [0.25, 0.3) is 0 Å². The number of benzene rings is 2. The molecule has 30 heavy (non-hydrogen) atoms. The molecule has 1 aromatic heterocycles. The van der Waals surface area contributed by atoms with Gasteiger partial charge in [0.2, 0.25) is 5.78 Å². The number of ketones is 1. The highest BCUT2D eigenvalue weighted by molar-refractivity contribution is 7.97. The van der Waals surface area contributed by atoms with Gasteiger partial charge in [0.1, 0.15) is 22.3 Å². The van der Waals surface area contributed by atoms with Gasteiger partial charge in [-0.1, -0.05) is 12.1 Å². The van der Waals surface area contributed by atoms with E-state index >= 15 is 0 Å². The number of fused-ring (bicyclic) bond motifs is 1. The number of carbonyl (C=O) groups is 1. The molecule has 0 bridgehead atoms. The van der Waals surface area contributed by atoms with Crippen molar-refractivity contribution in [1.29, 1.82) is 0 Å². The fourth-order valence-corrected chi connectivity index (χ4v) is 5.44. The quantitative estimate of drug-likeness (QED) is 0.588. The molecule has 4 rings (SSSR count). The maximum absolute atomic E-state index is 13.9. The molecule has 0 fully saturated rings. The fraction of sp³-hybridized carbons (Fsp3) is 0.0500. The second-order valence-electron chi connectivity index (χ2n) is 6.38. The summed E-state index contributed by atoms with van der Waals surface area (Å²) >= 11 is 1.07. The van der Waals surface area contributed by atoms with Crippen molar-refractivity contribution in [1.82, 2.24) is 0 Å². The molecular weight excluding hydrogens is 437 g/mol. The molecule has 1 N–H and O–H groups in total. The Balaban J connectivity index is 1.74. The van der Waals surface area contributed by atoms with Crippen LogP contribution in [0.2, 0.25) is 0 Å². The van der Waals surface area contributed by atoms with Crippen molar-refractivity contribution in [3.63, 3.8) is 0 Å². The van der Waals surface area contributed by atoms with Crippen LogP contribution < -0.4 is 9.62 Å². The van der Waals surface area contributed by atoms with Gasteiger partial charge in [-0.2, -0.15) is 0 Å². The molecule has 2 heterocycles. The lowest BCUT2D eigenvalue weighted by Crippen LogP contribution is -2.38. The summed E-state index contributed by atoms with van der Waals surface area (Å²) in [4.78, 5) is 12.4. The van der Waals surface area contributed by atoms with Crippen LogP contribution in [-0.2, 0) is 16.6 Å². The van der Waals surface area contributed by atoms with E-state index in [0.29, 0.717) is 11.6 Å². The Morgan fingerprint density at radius 1 is 1.00 bits per heavy atom. The second-order valence-corrected chi connectivity index (χ2v) is 9.13. The van der Waals surface area contributed by atoms with Crippen LogP contribution in [0.15, 0.2) is 65.0 Å². The summed E-state index contributed by atoms with van der Waals surface area (Å²) in [7, 11) is -4.30. The molecule has 0 atom stereocenters. The minimum absolute atomic E-state index is 0.123. The van der Waals surface area contributed by atoms with Gasteiger partial charge in [-0.15, -0.1) is 11.3 Å². The van der Waals surface area contributed by atoms with Crippen LogP contribution >= 0.6 is 11.3 Å². The van der Waals surface area contributed by atoms with Gasteiger partial charge in [0.25, 0.3) is 10.0 Å². The van der Waals surface area contributed by atoms with Crippen molar-refractivity contribution < 1.29 is 26.4 Å². The first-order valence-electron chi connectivity index (χ1n) is 8.58. The van der Waals surface area contributed by atoms with Crippen molar-refractivity contribution >= 4 is 38.5 Å². The van der Waals surface area contributed by atoms with E-state index in [2.05, 4.69) is 5.32 Å². The number of sulfonamides is 1. The third-order valence-corrected chi connectivity index (χ3v) is 7.11. The molecule has 1 aliphatic heterocycles. The van der Waals surface area contributed by atoms with Crippen LogP contribution in [0.5, 0.6) is 0 Å². The molecular formula is C20H13F3N2O3S2. The molecule has 0 saturated heterocycles. The van der Waals surface area contributed by atoms with Crippen LogP contribution in [0.4, 0.5) is 24.5 Å². The SMILES string of the molecule is O=C1C(=CNc2ccc(F)cc2F)S(=O)(=O)N(Cc2ccc(F)cc2)c2ccsc21. The first-order chi connectivity index (χ1) is 14.3. The summed E-state index contributed by atoms with van der Waals surface area (Å²) in [5.74, 6) is -2.92. The maximum atomic E-state index is 13.9. The van der Waals surface area contributed by atoms with Gasteiger partial charge in [-0.3, -0.25) is 9.10 Å². The van der Waals surface area contributed by atoms with Crippen LogP contribution in [0, 0.1) is 17.5 Å². The number of hydrogen-bond acceptors (Lipinski definition) is 5. The lowest BCUT2D eigenvalue weighted by molar-refractivity contribution is 0.104. The van der Waals surface area contributed by atoms with Gasteiger partial charge in [0.05, 0.1) is 17.9 Å². The summed E-state index contributed by atoms with van der Waals surface area (Å²) in [6.07, 6.45) is 0.897. The molecule has 1 aliphatic rings. The van der Waals surface area contributed by atoms with Crippen LogP contribution in [0.3, 0.4) is 0 Å². The third kappa shape index (κ3) is 3.59. The maximum Gasteiger partial charge on any atom is 0.270 e. The molecule has 154 valence electrons. The van der Waals surface area contributed by atoms with E-state index in [1.54, 1.807) is 5.38 Å². The molecule has 0 radical (unpaired) electrons. The summed E-state index contributed by atoms with van der Waals surface area (Å²) in [6.45, 7) is -0.123. The van der Waals surface area contributed by atoms with E-state index in [0.717, 1.165) is 34.0 Å². The lowest BCUT2D eigenvalue weighted by atomic mass is 10.2. The van der Waals surface area contributed by atoms with Crippen LogP contribution in [0.1, 0.15) is 15.2 Å². The zero-order chi connectivity index (χ0) is 21.5. The molecule has 0 amide bonds. The van der Waals surface area contributed by atoms with E-state index in [1.807, 2.05) is 0 Å².